The summed E-state index contributed by atoms with van der Waals surface area (Å²) in [5.74, 6) is -1.50. The van der Waals surface area contributed by atoms with Gasteiger partial charge in [-0.05, 0) is 26.0 Å². The molecule has 0 saturated carbocycles. The number of carbonyl (C=O) groups is 2. The van der Waals surface area contributed by atoms with Crippen molar-refractivity contribution in [3.63, 3.8) is 0 Å². The Bertz CT molecular complexity index is 332. The first kappa shape index (κ1) is 10.4. The van der Waals surface area contributed by atoms with E-state index in [2.05, 4.69) is 4.98 Å². The first-order valence-corrected chi connectivity index (χ1v) is 4.26. The summed E-state index contributed by atoms with van der Waals surface area (Å²) >= 11 is 0. The number of rotatable bonds is 3. The van der Waals surface area contributed by atoms with E-state index in [1.807, 2.05) is 0 Å². The molecule has 4 nitrogen and oxygen atoms in total. The highest BCUT2D eigenvalue weighted by atomic mass is 16.5. The number of pyridine rings is 1. The fourth-order valence-corrected chi connectivity index (χ4v) is 0.883. The van der Waals surface area contributed by atoms with Crippen molar-refractivity contribution in [2.45, 2.75) is 20.0 Å². The topological polar surface area (TPSA) is 56.3 Å². The summed E-state index contributed by atoms with van der Waals surface area (Å²) < 4.78 is 4.75. The second-order valence-corrected chi connectivity index (χ2v) is 3.02. The molecule has 74 valence electrons. The molecule has 14 heavy (non-hydrogen) atoms. The molecule has 1 aromatic heterocycles. The minimum absolute atomic E-state index is 0.248. The Morgan fingerprint density at radius 1 is 1.43 bits per heavy atom. The third-order valence-corrected chi connectivity index (χ3v) is 1.45. The minimum Gasteiger partial charge on any atom is -0.457 e. The normalized spacial score (nSPS) is 9.93. The molecule has 0 fully saturated rings. The molecule has 0 radical (unpaired) electrons. The Morgan fingerprint density at radius 3 is 2.64 bits per heavy atom. The van der Waals surface area contributed by atoms with E-state index < -0.39 is 11.8 Å². The Balaban J connectivity index is 2.72. The van der Waals surface area contributed by atoms with Gasteiger partial charge >= 0.3 is 5.97 Å². The van der Waals surface area contributed by atoms with Gasteiger partial charge in [0, 0.05) is 18.0 Å². The van der Waals surface area contributed by atoms with E-state index in [0.29, 0.717) is 0 Å². The largest absolute Gasteiger partial charge is 0.457 e. The van der Waals surface area contributed by atoms with Crippen molar-refractivity contribution in [1.29, 1.82) is 0 Å². The molecule has 0 aliphatic heterocycles. The summed E-state index contributed by atoms with van der Waals surface area (Å²) in [6, 6.07) is 3.12. The maximum Gasteiger partial charge on any atom is 0.379 e. The second-order valence-electron chi connectivity index (χ2n) is 3.02. The van der Waals surface area contributed by atoms with E-state index in [-0.39, 0.29) is 11.7 Å². The average Bonchev–Trinajstić information content (AvgIpc) is 2.17. The molecule has 1 heterocycles. The number of esters is 1. The maximum absolute atomic E-state index is 11.4. The highest BCUT2D eigenvalue weighted by molar-refractivity contribution is 6.40. The zero-order valence-electron chi connectivity index (χ0n) is 8.06. The Hall–Kier alpha value is -1.71. The smallest absolute Gasteiger partial charge is 0.379 e. The van der Waals surface area contributed by atoms with Gasteiger partial charge in [0.15, 0.2) is 0 Å². The summed E-state index contributed by atoms with van der Waals surface area (Å²) in [6.07, 6.45) is 2.58. The van der Waals surface area contributed by atoms with Crippen LogP contribution in [0.25, 0.3) is 0 Å². The van der Waals surface area contributed by atoms with Gasteiger partial charge in [-0.1, -0.05) is 0 Å². The van der Waals surface area contributed by atoms with Gasteiger partial charge in [0.1, 0.15) is 0 Å². The third kappa shape index (κ3) is 2.65. The van der Waals surface area contributed by atoms with E-state index in [1.165, 1.54) is 18.5 Å². The van der Waals surface area contributed by atoms with Gasteiger partial charge in [0.25, 0.3) is 5.78 Å². The number of ketones is 1. The lowest BCUT2D eigenvalue weighted by atomic mass is 10.2. The summed E-state index contributed by atoms with van der Waals surface area (Å²) in [6.45, 7) is 3.38. The van der Waals surface area contributed by atoms with E-state index in [0.717, 1.165) is 0 Å². The van der Waals surface area contributed by atoms with Crippen LogP contribution in [0.2, 0.25) is 0 Å². The van der Waals surface area contributed by atoms with Crippen LogP contribution >= 0.6 is 0 Å². The molecule has 0 bridgehead atoms. The first-order chi connectivity index (χ1) is 6.61. The highest BCUT2D eigenvalue weighted by Gasteiger charge is 2.18. The van der Waals surface area contributed by atoms with Gasteiger partial charge in [-0.3, -0.25) is 9.78 Å². The molecule has 0 amide bonds. The Kier molecular flexibility index (Phi) is 3.34. The Labute approximate surface area is 81.9 Å². The quantitative estimate of drug-likeness (QED) is 0.411. The van der Waals surface area contributed by atoms with Crippen LogP contribution in [0.3, 0.4) is 0 Å². The number of hydrogen-bond donors (Lipinski definition) is 0. The van der Waals surface area contributed by atoms with Gasteiger partial charge < -0.3 is 4.74 Å². The van der Waals surface area contributed by atoms with Crippen molar-refractivity contribution in [2.75, 3.05) is 0 Å². The summed E-state index contributed by atoms with van der Waals surface area (Å²) in [5, 5.41) is 0. The monoisotopic (exact) mass is 193 g/mol. The van der Waals surface area contributed by atoms with Crippen LogP contribution in [0.5, 0.6) is 0 Å². The van der Waals surface area contributed by atoms with Crippen LogP contribution in [-0.2, 0) is 9.53 Å². The van der Waals surface area contributed by atoms with Gasteiger partial charge in [-0.2, -0.15) is 0 Å². The van der Waals surface area contributed by atoms with Crippen molar-refractivity contribution >= 4 is 11.8 Å². The van der Waals surface area contributed by atoms with Crippen LogP contribution < -0.4 is 0 Å². The summed E-state index contributed by atoms with van der Waals surface area (Å²) in [7, 11) is 0. The third-order valence-electron chi connectivity index (χ3n) is 1.45. The van der Waals surface area contributed by atoms with Gasteiger partial charge in [-0.15, -0.1) is 0 Å². The number of carbonyl (C=O) groups excluding carboxylic acids is 2. The fourth-order valence-electron chi connectivity index (χ4n) is 0.883. The van der Waals surface area contributed by atoms with Crippen molar-refractivity contribution in [2.24, 2.45) is 0 Å². The predicted octanol–water partition coefficient (Wildman–Crippen LogP) is 1.22. The molecule has 0 N–H and O–H groups in total. The number of Topliss-reactive ketones (excluding diaryl/α,β-unsaturated/α-hetero) is 1. The van der Waals surface area contributed by atoms with Gasteiger partial charge in [0.2, 0.25) is 0 Å². The van der Waals surface area contributed by atoms with Crippen LogP contribution in [0, 0.1) is 0 Å². The van der Waals surface area contributed by atoms with Gasteiger partial charge in [-0.25, -0.2) is 4.79 Å². The van der Waals surface area contributed by atoms with E-state index in [4.69, 9.17) is 4.74 Å². The van der Waals surface area contributed by atoms with Crippen molar-refractivity contribution in [1.82, 2.24) is 4.98 Å². The molecule has 4 heteroatoms. The lowest BCUT2D eigenvalue weighted by molar-refractivity contribution is -0.141. The van der Waals surface area contributed by atoms with Crippen LogP contribution in [0.15, 0.2) is 24.5 Å². The van der Waals surface area contributed by atoms with E-state index in [9.17, 15) is 9.59 Å². The molecular formula is C10H11NO3. The second kappa shape index (κ2) is 4.50. The summed E-state index contributed by atoms with van der Waals surface area (Å²) in [5.41, 5.74) is 0.248. The molecule has 1 aromatic rings. The van der Waals surface area contributed by atoms with Crippen LogP contribution in [-0.4, -0.2) is 22.8 Å². The maximum atomic E-state index is 11.4. The van der Waals surface area contributed by atoms with E-state index >= 15 is 0 Å². The molecule has 0 saturated heterocycles. The highest BCUT2D eigenvalue weighted by Crippen LogP contribution is 2.00. The number of nitrogens with zero attached hydrogens (tertiary/aromatic N) is 1. The zero-order valence-corrected chi connectivity index (χ0v) is 8.06. The lowest BCUT2D eigenvalue weighted by Gasteiger charge is -2.05. The van der Waals surface area contributed by atoms with Crippen LogP contribution in [0.1, 0.15) is 24.2 Å². The van der Waals surface area contributed by atoms with Gasteiger partial charge in [0.05, 0.1) is 6.10 Å². The lowest BCUT2D eigenvalue weighted by Crippen LogP contribution is -2.21. The molecule has 0 spiro atoms. The number of ether oxygens (including phenoxy) is 1. The van der Waals surface area contributed by atoms with Crippen molar-refractivity contribution in [3.05, 3.63) is 30.1 Å². The standard InChI is InChI=1S/C10H11NO3/c1-7(2)14-10(13)9(12)8-4-3-5-11-6-8/h3-7H,1-2H3. The molecule has 0 unspecified atom stereocenters. The number of aromatic nitrogens is 1. The van der Waals surface area contributed by atoms with Crippen LogP contribution in [0.4, 0.5) is 0 Å². The predicted molar refractivity (Wildman–Crippen MR) is 49.8 cm³/mol. The Morgan fingerprint density at radius 2 is 2.14 bits per heavy atom. The fraction of sp³-hybridized carbons (Fsp3) is 0.300. The van der Waals surface area contributed by atoms with Crippen molar-refractivity contribution in [3.8, 4) is 0 Å². The van der Waals surface area contributed by atoms with E-state index in [1.54, 1.807) is 19.9 Å². The minimum atomic E-state index is -0.840. The molecule has 0 aliphatic carbocycles. The zero-order chi connectivity index (χ0) is 10.6. The first-order valence-electron chi connectivity index (χ1n) is 4.26. The summed E-state index contributed by atoms with van der Waals surface area (Å²) in [4.78, 5) is 26.3. The number of hydrogen-bond acceptors (Lipinski definition) is 4. The molecule has 0 aromatic carbocycles. The molecule has 0 aliphatic rings. The SMILES string of the molecule is CC(C)OC(=O)C(=O)c1cccnc1. The molecule has 0 atom stereocenters. The average molecular weight is 193 g/mol. The molecule has 1 rings (SSSR count). The van der Waals surface area contributed by atoms with Crippen molar-refractivity contribution < 1.29 is 14.3 Å². The molecular weight excluding hydrogens is 182 g/mol.